The Morgan fingerprint density at radius 1 is 1.03 bits per heavy atom. The van der Waals surface area contributed by atoms with Crippen molar-refractivity contribution in [3.05, 3.63) is 54.1 Å². The van der Waals surface area contributed by atoms with Gasteiger partial charge in [-0.25, -0.2) is 0 Å². The SMILES string of the molecule is CC(C)c1ccccc1O[C@@H](C)C(=O)Nc1ccc(OC2CCN(C)CC2)cc1. The second-order valence-corrected chi connectivity index (χ2v) is 8.09. The summed E-state index contributed by atoms with van der Waals surface area (Å²) in [5.74, 6) is 1.76. The van der Waals surface area contributed by atoms with Crippen molar-refractivity contribution in [2.45, 2.75) is 51.7 Å². The molecule has 0 spiro atoms. The molecule has 3 rings (SSSR count). The number of anilines is 1. The summed E-state index contributed by atoms with van der Waals surface area (Å²) in [4.78, 5) is 14.9. The summed E-state index contributed by atoms with van der Waals surface area (Å²) < 4.78 is 12.0. The van der Waals surface area contributed by atoms with Gasteiger partial charge in [-0.15, -0.1) is 0 Å². The molecule has 0 aliphatic carbocycles. The van der Waals surface area contributed by atoms with Gasteiger partial charge in [0, 0.05) is 18.8 Å². The van der Waals surface area contributed by atoms with Crippen molar-refractivity contribution in [2.24, 2.45) is 0 Å². The molecule has 2 aromatic rings. The summed E-state index contributed by atoms with van der Waals surface area (Å²) in [5, 5.41) is 2.92. The lowest BCUT2D eigenvalue weighted by atomic mass is 10.0. The van der Waals surface area contributed by atoms with E-state index in [1.807, 2.05) is 48.5 Å². The fraction of sp³-hybridized carbons (Fsp3) is 0.458. The van der Waals surface area contributed by atoms with Gasteiger partial charge >= 0.3 is 0 Å². The van der Waals surface area contributed by atoms with E-state index in [2.05, 4.69) is 31.1 Å². The minimum atomic E-state index is -0.593. The van der Waals surface area contributed by atoms with E-state index in [0.29, 0.717) is 5.92 Å². The second-order valence-electron chi connectivity index (χ2n) is 8.09. The van der Waals surface area contributed by atoms with E-state index in [-0.39, 0.29) is 12.0 Å². The van der Waals surface area contributed by atoms with Crippen molar-refractivity contribution in [3.63, 3.8) is 0 Å². The fourth-order valence-corrected chi connectivity index (χ4v) is 3.46. The zero-order valence-corrected chi connectivity index (χ0v) is 17.9. The highest BCUT2D eigenvalue weighted by Crippen LogP contribution is 2.27. The van der Waals surface area contributed by atoms with E-state index in [1.165, 1.54) is 0 Å². The van der Waals surface area contributed by atoms with Crippen LogP contribution in [-0.2, 0) is 4.79 Å². The maximum absolute atomic E-state index is 12.6. The van der Waals surface area contributed by atoms with Crippen molar-refractivity contribution in [3.8, 4) is 11.5 Å². The van der Waals surface area contributed by atoms with Gasteiger partial charge in [0.25, 0.3) is 5.91 Å². The molecule has 1 amide bonds. The maximum atomic E-state index is 12.6. The molecule has 0 aromatic heterocycles. The molecule has 1 fully saturated rings. The van der Waals surface area contributed by atoms with Crippen molar-refractivity contribution >= 4 is 11.6 Å². The van der Waals surface area contributed by atoms with Gasteiger partial charge < -0.3 is 19.7 Å². The molecule has 5 nitrogen and oxygen atoms in total. The number of ether oxygens (including phenoxy) is 2. The first kappa shape index (κ1) is 21.2. The summed E-state index contributed by atoms with van der Waals surface area (Å²) in [6.07, 6.45) is 1.76. The first-order valence-electron chi connectivity index (χ1n) is 10.4. The second kappa shape index (κ2) is 9.79. The number of para-hydroxylation sites is 1. The third-order valence-corrected chi connectivity index (χ3v) is 5.30. The molecule has 1 heterocycles. The Bertz CT molecular complexity index is 796. The molecule has 1 saturated heterocycles. The number of piperidine rings is 1. The zero-order valence-electron chi connectivity index (χ0n) is 17.9. The molecule has 1 aliphatic heterocycles. The van der Waals surface area contributed by atoms with E-state index in [1.54, 1.807) is 6.92 Å². The first-order chi connectivity index (χ1) is 13.9. The highest BCUT2D eigenvalue weighted by molar-refractivity contribution is 5.94. The minimum Gasteiger partial charge on any atom is -0.490 e. The number of likely N-dealkylation sites (tertiary alicyclic amines) is 1. The average Bonchev–Trinajstić information content (AvgIpc) is 2.71. The van der Waals surface area contributed by atoms with Crippen molar-refractivity contribution in [1.29, 1.82) is 0 Å². The Balaban J connectivity index is 1.53. The van der Waals surface area contributed by atoms with Gasteiger partial charge in [0.2, 0.25) is 0 Å². The highest BCUT2D eigenvalue weighted by Gasteiger charge is 2.19. The van der Waals surface area contributed by atoms with Crippen LogP contribution in [0.25, 0.3) is 0 Å². The van der Waals surface area contributed by atoms with Gasteiger partial charge in [-0.05, 0) is 68.6 Å². The van der Waals surface area contributed by atoms with E-state index in [4.69, 9.17) is 9.47 Å². The summed E-state index contributed by atoms with van der Waals surface area (Å²) in [6, 6.07) is 15.4. The van der Waals surface area contributed by atoms with Crippen LogP contribution in [0.2, 0.25) is 0 Å². The number of rotatable bonds is 7. The molecule has 2 aromatic carbocycles. The Hall–Kier alpha value is -2.53. The number of nitrogens with one attached hydrogen (secondary N) is 1. The lowest BCUT2D eigenvalue weighted by Crippen LogP contribution is -2.35. The van der Waals surface area contributed by atoms with Gasteiger partial charge in [-0.1, -0.05) is 32.0 Å². The standard InChI is InChI=1S/C24H32N2O3/c1-17(2)22-7-5-6-8-23(22)28-18(3)24(27)25-19-9-11-20(12-10-19)29-21-13-15-26(4)16-14-21/h5-12,17-18,21H,13-16H2,1-4H3,(H,25,27)/t18-/m0/s1. The molecular formula is C24H32N2O3. The highest BCUT2D eigenvalue weighted by atomic mass is 16.5. The van der Waals surface area contributed by atoms with Gasteiger partial charge in [-0.3, -0.25) is 4.79 Å². The number of benzene rings is 2. The van der Waals surface area contributed by atoms with Crippen LogP contribution < -0.4 is 14.8 Å². The van der Waals surface area contributed by atoms with Crippen LogP contribution in [0.5, 0.6) is 11.5 Å². The maximum Gasteiger partial charge on any atom is 0.265 e. The van der Waals surface area contributed by atoms with Gasteiger partial charge in [0.15, 0.2) is 6.10 Å². The molecule has 29 heavy (non-hydrogen) atoms. The van der Waals surface area contributed by atoms with Crippen molar-refractivity contribution in [2.75, 3.05) is 25.5 Å². The quantitative estimate of drug-likeness (QED) is 0.738. The molecular weight excluding hydrogens is 364 g/mol. The molecule has 1 N–H and O–H groups in total. The number of carbonyl (C=O) groups is 1. The lowest BCUT2D eigenvalue weighted by molar-refractivity contribution is -0.122. The number of hydrogen-bond acceptors (Lipinski definition) is 4. The lowest BCUT2D eigenvalue weighted by Gasteiger charge is -2.29. The van der Waals surface area contributed by atoms with E-state index < -0.39 is 6.10 Å². The number of carbonyl (C=O) groups excluding carboxylic acids is 1. The third kappa shape index (κ3) is 5.97. The van der Waals surface area contributed by atoms with Crippen LogP contribution >= 0.6 is 0 Å². The topological polar surface area (TPSA) is 50.8 Å². The minimum absolute atomic E-state index is 0.174. The summed E-state index contributed by atoms with van der Waals surface area (Å²) in [6.45, 7) is 8.13. The van der Waals surface area contributed by atoms with Gasteiger partial charge in [0.05, 0.1) is 0 Å². The average molecular weight is 397 g/mol. The molecule has 0 radical (unpaired) electrons. The van der Waals surface area contributed by atoms with E-state index in [9.17, 15) is 4.79 Å². The molecule has 1 atom stereocenters. The van der Waals surface area contributed by atoms with Gasteiger partial charge in [-0.2, -0.15) is 0 Å². The smallest absolute Gasteiger partial charge is 0.265 e. The van der Waals surface area contributed by atoms with Gasteiger partial charge in [0.1, 0.15) is 17.6 Å². The van der Waals surface area contributed by atoms with Crippen LogP contribution in [-0.4, -0.2) is 43.2 Å². The van der Waals surface area contributed by atoms with Crippen LogP contribution in [0.15, 0.2) is 48.5 Å². The van der Waals surface area contributed by atoms with Crippen molar-refractivity contribution < 1.29 is 14.3 Å². The molecule has 0 bridgehead atoms. The third-order valence-electron chi connectivity index (χ3n) is 5.30. The normalized spacial score (nSPS) is 16.4. The number of nitrogens with zero attached hydrogens (tertiary/aromatic N) is 1. The van der Waals surface area contributed by atoms with E-state index >= 15 is 0 Å². The monoisotopic (exact) mass is 396 g/mol. The van der Waals surface area contributed by atoms with Crippen LogP contribution in [0.4, 0.5) is 5.69 Å². The number of amides is 1. The molecule has 0 saturated carbocycles. The Kier molecular flexibility index (Phi) is 7.15. The summed E-state index contributed by atoms with van der Waals surface area (Å²) >= 11 is 0. The summed E-state index contributed by atoms with van der Waals surface area (Å²) in [5.41, 5.74) is 1.83. The van der Waals surface area contributed by atoms with Crippen LogP contribution in [0.3, 0.4) is 0 Å². The largest absolute Gasteiger partial charge is 0.490 e. The Labute approximate surface area is 174 Å². The van der Waals surface area contributed by atoms with E-state index in [0.717, 1.165) is 48.7 Å². The number of hydrogen-bond donors (Lipinski definition) is 1. The van der Waals surface area contributed by atoms with Crippen LogP contribution in [0.1, 0.15) is 45.1 Å². The summed E-state index contributed by atoms with van der Waals surface area (Å²) in [7, 11) is 2.14. The molecule has 156 valence electrons. The molecule has 1 aliphatic rings. The first-order valence-corrected chi connectivity index (χ1v) is 10.4. The fourth-order valence-electron chi connectivity index (χ4n) is 3.46. The van der Waals surface area contributed by atoms with Crippen LogP contribution in [0, 0.1) is 0 Å². The molecule has 5 heteroatoms. The van der Waals surface area contributed by atoms with Crippen molar-refractivity contribution in [1.82, 2.24) is 4.90 Å². The Morgan fingerprint density at radius 2 is 1.69 bits per heavy atom. The Morgan fingerprint density at radius 3 is 2.34 bits per heavy atom. The molecule has 0 unspecified atom stereocenters. The zero-order chi connectivity index (χ0) is 20.8. The predicted octanol–water partition coefficient (Wildman–Crippen LogP) is 4.69. The predicted molar refractivity (Wildman–Crippen MR) is 117 cm³/mol.